The zero-order valence-corrected chi connectivity index (χ0v) is 4.79. The minimum atomic E-state index is -0.237. The van der Waals surface area contributed by atoms with Gasteiger partial charge in [-0.25, -0.2) is 5.84 Å². The minimum Gasteiger partial charge on any atom is -0.394 e. The van der Waals surface area contributed by atoms with Gasteiger partial charge in [-0.3, -0.25) is 9.80 Å². The Morgan fingerprint density at radius 3 is 2.50 bits per heavy atom. The highest BCUT2D eigenvalue weighted by Crippen LogP contribution is 1.74. The van der Waals surface area contributed by atoms with Gasteiger partial charge in [0.25, 0.3) is 0 Å². The van der Waals surface area contributed by atoms with Crippen LogP contribution in [0.1, 0.15) is 6.92 Å². The number of hydrazine groups is 1. The van der Waals surface area contributed by atoms with Crippen molar-refractivity contribution < 1.29 is 9.90 Å². The number of hydrogen-bond donors (Lipinski definition) is 2. The monoisotopic (exact) mass is 118 g/mol. The molecule has 0 atom stereocenters. The summed E-state index contributed by atoms with van der Waals surface area (Å²) < 4.78 is 0. The molecule has 0 saturated heterocycles. The number of nitrogens with two attached hydrogens (primary N) is 1. The van der Waals surface area contributed by atoms with Crippen LogP contribution >= 0.6 is 0 Å². The molecular weight excluding hydrogens is 108 g/mol. The van der Waals surface area contributed by atoms with Gasteiger partial charge in [-0.05, 0) is 0 Å². The van der Waals surface area contributed by atoms with Gasteiger partial charge in [-0.1, -0.05) is 0 Å². The molecule has 4 nitrogen and oxygen atoms in total. The Morgan fingerprint density at radius 1 is 1.88 bits per heavy atom. The van der Waals surface area contributed by atoms with Crippen molar-refractivity contribution in [2.75, 3.05) is 13.2 Å². The molecule has 0 aliphatic rings. The molecular formula is C4H10N2O2. The number of rotatable bonds is 2. The lowest BCUT2D eigenvalue weighted by Gasteiger charge is -2.10. The van der Waals surface area contributed by atoms with Crippen molar-refractivity contribution in [3.63, 3.8) is 0 Å². The summed E-state index contributed by atoms with van der Waals surface area (Å²) in [4.78, 5) is 10.2. The van der Waals surface area contributed by atoms with Crippen LogP contribution in [0.3, 0.4) is 0 Å². The number of aliphatic hydroxyl groups is 1. The predicted octanol–water partition coefficient (Wildman–Crippen LogP) is -1.30. The molecule has 0 unspecified atom stereocenters. The fourth-order valence-corrected chi connectivity index (χ4v) is 0.265. The van der Waals surface area contributed by atoms with Gasteiger partial charge in [0.15, 0.2) is 0 Å². The highest BCUT2D eigenvalue weighted by Gasteiger charge is 1.98. The standard InChI is InChI=1S/C4H10N2O2/c1-4(8)6(5)2-3-7/h7H,2-3,5H2,1H3. The van der Waals surface area contributed by atoms with Crippen molar-refractivity contribution in [1.82, 2.24) is 5.01 Å². The topological polar surface area (TPSA) is 66.6 Å². The van der Waals surface area contributed by atoms with E-state index in [1.807, 2.05) is 0 Å². The van der Waals surface area contributed by atoms with E-state index in [9.17, 15) is 4.79 Å². The summed E-state index contributed by atoms with van der Waals surface area (Å²) >= 11 is 0. The van der Waals surface area contributed by atoms with Crippen molar-refractivity contribution in [3.8, 4) is 0 Å². The molecule has 0 spiro atoms. The molecule has 0 aromatic rings. The van der Waals surface area contributed by atoms with Crippen LogP contribution in [0.5, 0.6) is 0 Å². The molecule has 0 heterocycles. The van der Waals surface area contributed by atoms with Crippen LogP contribution in [-0.4, -0.2) is 29.2 Å². The third-order valence-corrected chi connectivity index (χ3v) is 0.745. The number of nitrogens with zero attached hydrogens (tertiary/aromatic N) is 1. The van der Waals surface area contributed by atoms with Crippen LogP contribution in [0.25, 0.3) is 0 Å². The summed E-state index contributed by atoms with van der Waals surface area (Å²) in [7, 11) is 0. The highest BCUT2D eigenvalue weighted by atomic mass is 16.3. The SMILES string of the molecule is CC(=O)N(N)CCO. The van der Waals surface area contributed by atoms with E-state index in [-0.39, 0.29) is 19.1 Å². The van der Waals surface area contributed by atoms with Crippen molar-refractivity contribution in [1.29, 1.82) is 0 Å². The van der Waals surface area contributed by atoms with Gasteiger partial charge in [0.2, 0.25) is 5.91 Å². The van der Waals surface area contributed by atoms with Gasteiger partial charge < -0.3 is 5.11 Å². The maximum absolute atomic E-state index is 10.2. The maximum atomic E-state index is 10.2. The van der Waals surface area contributed by atoms with E-state index in [1.54, 1.807) is 0 Å². The molecule has 8 heavy (non-hydrogen) atoms. The number of aliphatic hydroxyl groups excluding tert-OH is 1. The molecule has 0 fully saturated rings. The van der Waals surface area contributed by atoms with Crippen molar-refractivity contribution in [3.05, 3.63) is 0 Å². The van der Waals surface area contributed by atoms with E-state index in [0.717, 1.165) is 5.01 Å². The molecule has 3 N–H and O–H groups in total. The number of amides is 1. The quantitative estimate of drug-likeness (QED) is 0.269. The summed E-state index contributed by atoms with van der Waals surface area (Å²) in [6.07, 6.45) is 0. The number of carbonyl (C=O) groups is 1. The second-order valence-electron chi connectivity index (χ2n) is 1.44. The lowest BCUT2D eigenvalue weighted by Crippen LogP contribution is -2.37. The summed E-state index contributed by atoms with van der Waals surface area (Å²) in [5.74, 6) is 4.81. The Labute approximate surface area is 47.9 Å². The average Bonchev–Trinajstić information content (AvgIpc) is 1.67. The van der Waals surface area contributed by atoms with E-state index in [2.05, 4.69) is 0 Å². The van der Waals surface area contributed by atoms with Crippen molar-refractivity contribution in [2.24, 2.45) is 5.84 Å². The molecule has 0 bridgehead atoms. The third-order valence-electron chi connectivity index (χ3n) is 0.745. The fraction of sp³-hybridized carbons (Fsp3) is 0.750. The third kappa shape index (κ3) is 2.54. The Kier molecular flexibility index (Phi) is 3.14. The molecule has 4 heteroatoms. The molecule has 0 aromatic carbocycles. The molecule has 0 saturated carbocycles. The van der Waals surface area contributed by atoms with Crippen LogP contribution < -0.4 is 5.84 Å². The zero-order valence-electron chi connectivity index (χ0n) is 4.79. The van der Waals surface area contributed by atoms with Crippen LogP contribution in [0.15, 0.2) is 0 Å². The minimum absolute atomic E-state index is 0.0872. The first kappa shape index (κ1) is 7.39. The van der Waals surface area contributed by atoms with E-state index in [4.69, 9.17) is 10.9 Å². The first-order valence-electron chi connectivity index (χ1n) is 2.32. The maximum Gasteiger partial charge on any atom is 0.233 e. The van der Waals surface area contributed by atoms with E-state index < -0.39 is 0 Å². The molecule has 0 aromatic heterocycles. The lowest BCUT2D eigenvalue weighted by atomic mass is 10.6. The van der Waals surface area contributed by atoms with Crippen molar-refractivity contribution in [2.45, 2.75) is 6.92 Å². The molecule has 0 aliphatic heterocycles. The summed E-state index contributed by atoms with van der Waals surface area (Å²) in [5, 5.41) is 9.17. The van der Waals surface area contributed by atoms with Gasteiger partial charge in [-0.2, -0.15) is 0 Å². The van der Waals surface area contributed by atoms with Gasteiger partial charge in [0.1, 0.15) is 0 Å². The predicted molar refractivity (Wildman–Crippen MR) is 28.7 cm³/mol. The Morgan fingerprint density at radius 2 is 2.38 bits per heavy atom. The molecule has 0 rings (SSSR count). The first-order valence-corrected chi connectivity index (χ1v) is 2.32. The molecule has 1 amide bonds. The molecule has 48 valence electrons. The summed E-state index contributed by atoms with van der Waals surface area (Å²) in [5.41, 5.74) is 0. The van der Waals surface area contributed by atoms with Gasteiger partial charge in [0.05, 0.1) is 13.2 Å². The number of carbonyl (C=O) groups excluding carboxylic acids is 1. The molecule has 0 radical (unpaired) electrons. The molecule has 0 aliphatic carbocycles. The number of hydrogen-bond acceptors (Lipinski definition) is 3. The zero-order chi connectivity index (χ0) is 6.57. The average molecular weight is 118 g/mol. The summed E-state index contributed by atoms with van der Waals surface area (Å²) in [6, 6.07) is 0. The van der Waals surface area contributed by atoms with Crippen LogP contribution in [-0.2, 0) is 4.79 Å². The Balaban J connectivity index is 3.32. The lowest BCUT2D eigenvalue weighted by molar-refractivity contribution is -0.129. The van der Waals surface area contributed by atoms with E-state index in [1.165, 1.54) is 6.92 Å². The van der Waals surface area contributed by atoms with Crippen LogP contribution in [0.2, 0.25) is 0 Å². The van der Waals surface area contributed by atoms with Gasteiger partial charge in [0, 0.05) is 6.92 Å². The first-order chi connectivity index (χ1) is 3.68. The normalized spacial score (nSPS) is 8.88. The van der Waals surface area contributed by atoms with Crippen molar-refractivity contribution >= 4 is 5.91 Å². The van der Waals surface area contributed by atoms with Crippen LogP contribution in [0, 0.1) is 0 Å². The second kappa shape index (κ2) is 3.40. The van der Waals surface area contributed by atoms with E-state index >= 15 is 0 Å². The second-order valence-corrected chi connectivity index (χ2v) is 1.44. The largest absolute Gasteiger partial charge is 0.394 e. The van der Waals surface area contributed by atoms with Gasteiger partial charge >= 0.3 is 0 Å². The van der Waals surface area contributed by atoms with Gasteiger partial charge in [-0.15, -0.1) is 0 Å². The van der Waals surface area contributed by atoms with Crippen LogP contribution in [0.4, 0.5) is 0 Å². The smallest absolute Gasteiger partial charge is 0.233 e. The van der Waals surface area contributed by atoms with E-state index in [0.29, 0.717) is 0 Å². The Hall–Kier alpha value is -0.610. The summed E-state index contributed by atoms with van der Waals surface area (Å²) in [6.45, 7) is 1.46. The Bertz CT molecular complexity index is 84.1. The highest BCUT2D eigenvalue weighted by molar-refractivity contribution is 5.72. The fourth-order valence-electron chi connectivity index (χ4n) is 0.265.